The van der Waals surface area contributed by atoms with Gasteiger partial charge in [0.05, 0.1) is 19.3 Å². The van der Waals surface area contributed by atoms with Crippen molar-refractivity contribution in [2.45, 2.75) is 38.7 Å². The quantitative estimate of drug-likeness (QED) is 0.760. The van der Waals surface area contributed by atoms with Crippen molar-refractivity contribution in [3.63, 3.8) is 0 Å². The van der Waals surface area contributed by atoms with Crippen molar-refractivity contribution < 1.29 is 9.47 Å². The summed E-state index contributed by atoms with van der Waals surface area (Å²) in [6.07, 6.45) is 2.47. The topological polar surface area (TPSA) is 44.2 Å². The Bertz CT molecular complexity index is 348. The second-order valence-electron chi connectivity index (χ2n) is 4.05. The lowest BCUT2D eigenvalue weighted by atomic mass is 10.4. The predicted molar refractivity (Wildman–Crippen MR) is 56.3 cm³/mol. The molecule has 1 heterocycles. The fourth-order valence-electron chi connectivity index (χ4n) is 1.35. The number of aromatic nitrogens is 2. The first-order valence-electron chi connectivity index (χ1n) is 5.28. The van der Waals surface area contributed by atoms with E-state index in [-0.39, 0.29) is 6.10 Å². The van der Waals surface area contributed by atoms with E-state index in [0.717, 1.165) is 5.82 Å². The average Bonchev–Trinajstić information content (AvgIpc) is 2.99. The second-order valence-corrected chi connectivity index (χ2v) is 4.05. The van der Waals surface area contributed by atoms with Crippen LogP contribution in [-0.4, -0.2) is 23.2 Å². The Morgan fingerprint density at radius 1 is 1.27 bits per heavy atom. The molecular formula is C11H16N2O2. The minimum absolute atomic E-state index is 0.122. The highest BCUT2D eigenvalue weighted by molar-refractivity contribution is 5.23. The zero-order valence-electron chi connectivity index (χ0n) is 9.36. The van der Waals surface area contributed by atoms with Gasteiger partial charge in [0.2, 0.25) is 11.8 Å². The normalized spacial score (nSPS) is 15.5. The van der Waals surface area contributed by atoms with E-state index in [1.54, 1.807) is 13.2 Å². The molecule has 15 heavy (non-hydrogen) atoms. The van der Waals surface area contributed by atoms with E-state index in [0.29, 0.717) is 17.7 Å². The van der Waals surface area contributed by atoms with Gasteiger partial charge in [0, 0.05) is 5.92 Å². The van der Waals surface area contributed by atoms with Crippen LogP contribution in [0.25, 0.3) is 0 Å². The predicted octanol–water partition coefficient (Wildman–Crippen LogP) is 2.15. The molecule has 0 bridgehead atoms. The van der Waals surface area contributed by atoms with E-state index in [1.165, 1.54) is 12.8 Å². The summed E-state index contributed by atoms with van der Waals surface area (Å²) in [6.45, 7) is 3.96. The van der Waals surface area contributed by atoms with Crippen LogP contribution in [0, 0.1) is 0 Å². The van der Waals surface area contributed by atoms with Gasteiger partial charge in [0.1, 0.15) is 5.82 Å². The summed E-state index contributed by atoms with van der Waals surface area (Å²) < 4.78 is 10.7. The van der Waals surface area contributed by atoms with Crippen molar-refractivity contribution in [1.82, 2.24) is 9.97 Å². The van der Waals surface area contributed by atoms with Crippen LogP contribution in [0.4, 0.5) is 0 Å². The van der Waals surface area contributed by atoms with E-state index < -0.39 is 0 Å². The van der Waals surface area contributed by atoms with Gasteiger partial charge in [-0.3, -0.25) is 0 Å². The van der Waals surface area contributed by atoms with Gasteiger partial charge in [-0.25, -0.2) is 0 Å². The smallest absolute Gasteiger partial charge is 0.220 e. The maximum atomic E-state index is 5.54. The first-order chi connectivity index (χ1) is 7.19. The first-order valence-corrected chi connectivity index (χ1v) is 5.28. The molecule has 82 valence electrons. The molecule has 0 aliphatic heterocycles. The van der Waals surface area contributed by atoms with Crippen LogP contribution in [0.15, 0.2) is 6.07 Å². The van der Waals surface area contributed by atoms with Crippen LogP contribution >= 0.6 is 0 Å². The Morgan fingerprint density at radius 2 is 1.93 bits per heavy atom. The fourth-order valence-corrected chi connectivity index (χ4v) is 1.35. The van der Waals surface area contributed by atoms with Crippen molar-refractivity contribution >= 4 is 0 Å². The van der Waals surface area contributed by atoms with E-state index in [9.17, 15) is 0 Å². The lowest BCUT2D eigenvalue weighted by molar-refractivity contribution is 0.229. The molecule has 1 aliphatic rings. The van der Waals surface area contributed by atoms with Gasteiger partial charge in [-0.1, -0.05) is 0 Å². The van der Waals surface area contributed by atoms with Gasteiger partial charge < -0.3 is 9.47 Å². The molecule has 0 atom stereocenters. The highest BCUT2D eigenvalue weighted by Gasteiger charge is 2.27. The minimum atomic E-state index is 0.122. The molecule has 1 fully saturated rings. The molecule has 4 nitrogen and oxygen atoms in total. The fraction of sp³-hybridized carbons (Fsp3) is 0.636. The van der Waals surface area contributed by atoms with E-state index in [4.69, 9.17) is 9.47 Å². The zero-order chi connectivity index (χ0) is 10.8. The largest absolute Gasteiger partial charge is 0.481 e. The molecule has 0 unspecified atom stereocenters. The lowest BCUT2D eigenvalue weighted by Crippen LogP contribution is -2.08. The van der Waals surface area contributed by atoms with Crippen molar-refractivity contribution in [2.75, 3.05) is 7.11 Å². The summed E-state index contributed by atoms with van der Waals surface area (Å²) in [5.74, 6) is 2.56. The molecule has 2 rings (SSSR count). The number of methoxy groups -OCH3 is 1. The van der Waals surface area contributed by atoms with Gasteiger partial charge in [-0.05, 0) is 26.7 Å². The maximum Gasteiger partial charge on any atom is 0.220 e. The Kier molecular flexibility index (Phi) is 2.75. The summed E-state index contributed by atoms with van der Waals surface area (Å²) in [6, 6.07) is 1.73. The summed E-state index contributed by atoms with van der Waals surface area (Å²) in [5, 5.41) is 0. The molecular weight excluding hydrogens is 192 g/mol. The van der Waals surface area contributed by atoms with E-state index in [2.05, 4.69) is 9.97 Å². The zero-order valence-corrected chi connectivity index (χ0v) is 9.36. The molecule has 0 aromatic carbocycles. The van der Waals surface area contributed by atoms with Gasteiger partial charge in [0.15, 0.2) is 0 Å². The minimum Gasteiger partial charge on any atom is -0.481 e. The van der Waals surface area contributed by atoms with E-state index >= 15 is 0 Å². The summed E-state index contributed by atoms with van der Waals surface area (Å²) in [7, 11) is 1.61. The summed E-state index contributed by atoms with van der Waals surface area (Å²) in [5.41, 5.74) is 0. The van der Waals surface area contributed by atoms with Crippen molar-refractivity contribution in [3.8, 4) is 11.8 Å². The van der Waals surface area contributed by atoms with Crippen molar-refractivity contribution in [1.29, 1.82) is 0 Å². The molecule has 0 amide bonds. The number of nitrogens with zero attached hydrogens (tertiary/aromatic N) is 2. The Morgan fingerprint density at radius 3 is 2.47 bits per heavy atom. The van der Waals surface area contributed by atoms with Crippen LogP contribution in [0.3, 0.4) is 0 Å². The van der Waals surface area contributed by atoms with Gasteiger partial charge in [-0.15, -0.1) is 0 Å². The highest BCUT2D eigenvalue weighted by Crippen LogP contribution is 2.39. The molecule has 0 spiro atoms. The Labute approximate surface area is 89.6 Å². The highest BCUT2D eigenvalue weighted by atomic mass is 16.5. The third kappa shape index (κ3) is 2.58. The van der Waals surface area contributed by atoms with Gasteiger partial charge in [-0.2, -0.15) is 9.97 Å². The lowest BCUT2D eigenvalue weighted by Gasteiger charge is -2.10. The molecule has 0 N–H and O–H groups in total. The molecule has 1 saturated carbocycles. The van der Waals surface area contributed by atoms with Gasteiger partial charge in [0.25, 0.3) is 0 Å². The molecule has 1 aromatic rings. The Balaban J connectivity index is 2.24. The third-order valence-corrected chi connectivity index (χ3v) is 2.20. The first kappa shape index (κ1) is 10.2. The molecule has 4 heteroatoms. The summed E-state index contributed by atoms with van der Waals surface area (Å²) in [4.78, 5) is 8.68. The second kappa shape index (κ2) is 4.04. The molecule has 0 saturated heterocycles. The molecule has 0 radical (unpaired) electrons. The number of rotatable bonds is 4. The third-order valence-electron chi connectivity index (χ3n) is 2.20. The average molecular weight is 208 g/mol. The standard InChI is InChI=1S/C11H16N2O2/c1-7(2)15-10-6-9(14-3)12-11(13-10)8-4-5-8/h6-8H,4-5H2,1-3H3. The number of hydrogen-bond acceptors (Lipinski definition) is 4. The maximum absolute atomic E-state index is 5.54. The van der Waals surface area contributed by atoms with Crippen LogP contribution in [0.5, 0.6) is 11.8 Å². The number of ether oxygens (including phenoxy) is 2. The van der Waals surface area contributed by atoms with E-state index in [1.807, 2.05) is 13.8 Å². The van der Waals surface area contributed by atoms with Gasteiger partial charge >= 0.3 is 0 Å². The SMILES string of the molecule is COc1cc(OC(C)C)nc(C2CC2)n1. The van der Waals surface area contributed by atoms with Crippen LogP contribution in [-0.2, 0) is 0 Å². The number of hydrogen-bond donors (Lipinski definition) is 0. The van der Waals surface area contributed by atoms with Crippen molar-refractivity contribution in [2.24, 2.45) is 0 Å². The van der Waals surface area contributed by atoms with Crippen LogP contribution < -0.4 is 9.47 Å². The van der Waals surface area contributed by atoms with Crippen LogP contribution in [0.1, 0.15) is 38.4 Å². The Hall–Kier alpha value is -1.32. The van der Waals surface area contributed by atoms with Crippen LogP contribution in [0.2, 0.25) is 0 Å². The molecule has 1 aromatic heterocycles. The van der Waals surface area contributed by atoms with Crippen molar-refractivity contribution in [3.05, 3.63) is 11.9 Å². The monoisotopic (exact) mass is 208 g/mol. The molecule has 1 aliphatic carbocycles. The summed E-state index contributed by atoms with van der Waals surface area (Å²) >= 11 is 0.